The Morgan fingerprint density at radius 1 is 0.969 bits per heavy atom. The van der Waals surface area contributed by atoms with Gasteiger partial charge in [-0.3, -0.25) is 29.4 Å². The summed E-state index contributed by atoms with van der Waals surface area (Å²) in [5.41, 5.74) is 1.01. The van der Waals surface area contributed by atoms with Crippen LogP contribution < -0.4 is 5.32 Å². The van der Waals surface area contributed by atoms with Crippen LogP contribution in [-0.4, -0.2) is 33.6 Å². The number of nitrogens with one attached hydrogen (secondary N) is 1. The van der Waals surface area contributed by atoms with Gasteiger partial charge in [0.25, 0.3) is 17.5 Å². The number of carbonyl (C=O) groups is 3. The summed E-state index contributed by atoms with van der Waals surface area (Å²) in [6.07, 6.45) is 0.272. The lowest BCUT2D eigenvalue weighted by Crippen LogP contribution is -2.52. The van der Waals surface area contributed by atoms with E-state index in [2.05, 4.69) is 5.32 Å². The molecule has 32 heavy (non-hydrogen) atoms. The maximum absolute atomic E-state index is 13.4. The van der Waals surface area contributed by atoms with Gasteiger partial charge in [0.1, 0.15) is 6.04 Å². The zero-order valence-corrected chi connectivity index (χ0v) is 17.6. The second-order valence-electron chi connectivity index (χ2n) is 8.13. The van der Waals surface area contributed by atoms with Gasteiger partial charge in [-0.25, -0.2) is 0 Å². The molecule has 0 aromatic heterocycles. The van der Waals surface area contributed by atoms with Gasteiger partial charge in [0.15, 0.2) is 0 Å². The molecular formula is C24H21N3O5. The first-order valence-electron chi connectivity index (χ1n) is 10.2. The summed E-state index contributed by atoms with van der Waals surface area (Å²) < 4.78 is 0. The van der Waals surface area contributed by atoms with Crippen LogP contribution in [0.4, 0.5) is 11.4 Å². The monoisotopic (exact) mass is 431 g/mol. The number of nitro benzene ring substituents is 1. The largest absolute Gasteiger partial charge is 0.324 e. The zero-order valence-electron chi connectivity index (χ0n) is 17.6. The van der Waals surface area contributed by atoms with Crippen LogP contribution in [0.5, 0.6) is 0 Å². The number of hydrogen-bond acceptors (Lipinski definition) is 5. The molecule has 162 valence electrons. The fourth-order valence-electron chi connectivity index (χ4n) is 4.00. The Kier molecular flexibility index (Phi) is 5.44. The Morgan fingerprint density at radius 3 is 2.03 bits per heavy atom. The molecule has 1 atom stereocenters. The fourth-order valence-corrected chi connectivity index (χ4v) is 4.00. The smallest absolute Gasteiger partial charge is 0.269 e. The number of nitro groups is 1. The molecule has 3 aromatic rings. The molecule has 0 saturated carbocycles. The molecule has 3 aromatic carbocycles. The molecule has 1 aliphatic rings. The Labute approximate surface area is 184 Å². The number of non-ortho nitro benzene ring substituents is 1. The summed E-state index contributed by atoms with van der Waals surface area (Å²) in [5.74, 6) is -1.52. The summed E-state index contributed by atoms with van der Waals surface area (Å²) in [4.78, 5) is 51.3. The van der Waals surface area contributed by atoms with Gasteiger partial charge in [0.05, 0.1) is 4.92 Å². The van der Waals surface area contributed by atoms with Crippen molar-refractivity contribution in [2.24, 2.45) is 5.92 Å². The Balaban J connectivity index is 1.70. The topological polar surface area (TPSA) is 110 Å². The van der Waals surface area contributed by atoms with Crippen LogP contribution in [0.15, 0.2) is 60.7 Å². The zero-order chi connectivity index (χ0) is 23.0. The number of hydrogen-bond donors (Lipinski definition) is 1. The first-order valence-corrected chi connectivity index (χ1v) is 10.2. The number of amides is 3. The third kappa shape index (κ3) is 3.71. The highest BCUT2D eigenvalue weighted by molar-refractivity contribution is 6.26. The Hall–Kier alpha value is -4.07. The summed E-state index contributed by atoms with van der Waals surface area (Å²) in [7, 11) is 0. The number of anilines is 1. The number of nitrogens with zero attached hydrogens (tertiary/aromatic N) is 2. The Bertz CT molecular complexity index is 1200. The molecule has 8 heteroatoms. The van der Waals surface area contributed by atoms with Crippen molar-refractivity contribution in [2.75, 3.05) is 5.32 Å². The van der Waals surface area contributed by atoms with Crippen LogP contribution in [0, 0.1) is 16.0 Å². The highest BCUT2D eigenvalue weighted by atomic mass is 16.6. The lowest BCUT2D eigenvalue weighted by Gasteiger charge is -2.33. The molecule has 1 aliphatic heterocycles. The molecule has 8 nitrogen and oxygen atoms in total. The van der Waals surface area contributed by atoms with Gasteiger partial charge in [-0.15, -0.1) is 0 Å². The average molecular weight is 431 g/mol. The van der Waals surface area contributed by atoms with Crippen LogP contribution in [-0.2, 0) is 4.79 Å². The summed E-state index contributed by atoms with van der Waals surface area (Å²) in [6, 6.07) is 14.9. The molecule has 1 heterocycles. The van der Waals surface area contributed by atoms with E-state index in [-0.39, 0.29) is 18.0 Å². The second kappa shape index (κ2) is 8.22. The number of carbonyl (C=O) groups excluding carboxylic acids is 3. The van der Waals surface area contributed by atoms with Gasteiger partial charge < -0.3 is 5.32 Å². The van der Waals surface area contributed by atoms with E-state index in [4.69, 9.17) is 0 Å². The lowest BCUT2D eigenvalue weighted by atomic mass is 9.91. The van der Waals surface area contributed by atoms with E-state index in [0.717, 1.165) is 10.3 Å². The van der Waals surface area contributed by atoms with E-state index in [1.54, 1.807) is 24.3 Å². The minimum absolute atomic E-state index is 0.0242. The van der Waals surface area contributed by atoms with E-state index < -0.39 is 28.7 Å². The van der Waals surface area contributed by atoms with Crippen LogP contribution in [0.3, 0.4) is 0 Å². The van der Waals surface area contributed by atoms with E-state index >= 15 is 0 Å². The third-order valence-electron chi connectivity index (χ3n) is 5.46. The minimum Gasteiger partial charge on any atom is -0.324 e. The van der Waals surface area contributed by atoms with Gasteiger partial charge in [-0.2, -0.15) is 0 Å². The van der Waals surface area contributed by atoms with E-state index in [1.165, 1.54) is 24.3 Å². The van der Waals surface area contributed by atoms with Crippen molar-refractivity contribution >= 4 is 39.9 Å². The Morgan fingerprint density at radius 2 is 1.53 bits per heavy atom. The maximum Gasteiger partial charge on any atom is 0.269 e. The quantitative estimate of drug-likeness (QED) is 0.353. The minimum atomic E-state index is -1.03. The molecule has 0 unspecified atom stereocenters. The average Bonchev–Trinajstić information content (AvgIpc) is 2.76. The fraction of sp³-hybridized carbons (Fsp3) is 0.208. The number of rotatable bonds is 6. The van der Waals surface area contributed by atoms with Crippen molar-refractivity contribution in [2.45, 2.75) is 26.3 Å². The van der Waals surface area contributed by atoms with Crippen LogP contribution >= 0.6 is 0 Å². The predicted molar refractivity (Wildman–Crippen MR) is 119 cm³/mol. The van der Waals surface area contributed by atoms with Gasteiger partial charge >= 0.3 is 0 Å². The lowest BCUT2D eigenvalue weighted by molar-refractivity contribution is -0.384. The summed E-state index contributed by atoms with van der Waals surface area (Å²) in [5, 5.41) is 14.9. The molecular weight excluding hydrogens is 410 g/mol. The first-order chi connectivity index (χ1) is 15.3. The molecule has 4 rings (SSSR count). The molecule has 0 spiro atoms. The van der Waals surface area contributed by atoms with E-state index in [0.29, 0.717) is 22.2 Å². The van der Waals surface area contributed by atoms with Gasteiger partial charge in [-0.05, 0) is 42.0 Å². The number of imide groups is 1. The van der Waals surface area contributed by atoms with Gasteiger partial charge in [0, 0.05) is 34.3 Å². The molecule has 0 radical (unpaired) electrons. The maximum atomic E-state index is 13.4. The molecule has 0 fully saturated rings. The molecule has 0 bridgehead atoms. The normalized spacial score (nSPS) is 14.0. The van der Waals surface area contributed by atoms with Gasteiger partial charge in [-0.1, -0.05) is 38.1 Å². The van der Waals surface area contributed by atoms with Crippen molar-refractivity contribution in [3.8, 4) is 0 Å². The van der Waals surface area contributed by atoms with Crippen molar-refractivity contribution in [1.29, 1.82) is 0 Å². The van der Waals surface area contributed by atoms with E-state index in [1.807, 2.05) is 26.0 Å². The van der Waals surface area contributed by atoms with Crippen LogP contribution in [0.25, 0.3) is 10.8 Å². The van der Waals surface area contributed by atoms with Crippen LogP contribution in [0.2, 0.25) is 0 Å². The second-order valence-corrected chi connectivity index (χ2v) is 8.13. The summed E-state index contributed by atoms with van der Waals surface area (Å²) in [6.45, 7) is 3.81. The van der Waals surface area contributed by atoms with Crippen molar-refractivity contribution < 1.29 is 19.3 Å². The number of benzene rings is 3. The summed E-state index contributed by atoms with van der Waals surface area (Å²) >= 11 is 0. The SMILES string of the molecule is CC(C)C[C@H](C(=O)Nc1ccc([N+](=O)[O-])cc1)N1C(=O)c2cccc3cccc(c23)C1=O. The molecule has 1 N–H and O–H groups in total. The van der Waals surface area contributed by atoms with E-state index in [9.17, 15) is 24.5 Å². The highest BCUT2D eigenvalue weighted by Gasteiger charge is 2.40. The third-order valence-corrected chi connectivity index (χ3v) is 5.46. The van der Waals surface area contributed by atoms with Crippen LogP contribution in [0.1, 0.15) is 41.0 Å². The van der Waals surface area contributed by atoms with Gasteiger partial charge in [0.2, 0.25) is 5.91 Å². The molecule has 0 aliphatic carbocycles. The predicted octanol–water partition coefficient (Wildman–Crippen LogP) is 4.40. The standard InChI is InChI=1S/C24H21N3O5/c1-14(2)13-20(22(28)25-16-9-11-17(12-10-16)27(31)32)26-23(29)18-7-3-5-15-6-4-8-19(21(15)18)24(26)30/h3-12,14,20H,13H2,1-2H3,(H,25,28)/t20-/m1/s1. The molecule has 3 amide bonds. The first kappa shape index (κ1) is 21.2. The van der Waals surface area contributed by atoms with Crippen molar-refractivity contribution in [3.63, 3.8) is 0 Å². The van der Waals surface area contributed by atoms with Crippen molar-refractivity contribution in [1.82, 2.24) is 4.90 Å². The van der Waals surface area contributed by atoms with Crippen molar-refractivity contribution in [3.05, 3.63) is 81.9 Å². The molecule has 0 saturated heterocycles. The highest BCUT2D eigenvalue weighted by Crippen LogP contribution is 2.32.